The highest BCUT2D eigenvalue weighted by atomic mass is 35.5. The number of nitrogens with zero attached hydrogens (tertiary/aromatic N) is 2. The predicted molar refractivity (Wildman–Crippen MR) is 49.5 cm³/mol. The van der Waals surface area contributed by atoms with Crippen LogP contribution in [0, 0.1) is 0 Å². The Bertz CT molecular complexity index is 173. The van der Waals surface area contributed by atoms with Crippen LogP contribution in [0.15, 0.2) is 16.3 Å². The quantitative estimate of drug-likeness (QED) is 0.401. The van der Waals surface area contributed by atoms with Gasteiger partial charge in [-0.3, -0.25) is 4.99 Å². The first-order valence-electron chi connectivity index (χ1n) is 3.33. The molecule has 11 heavy (non-hydrogen) atoms. The Kier molecular flexibility index (Phi) is 4.90. The second-order valence-corrected chi connectivity index (χ2v) is 2.79. The maximum Gasteiger partial charge on any atom is 0.0290 e. The average Bonchev–Trinajstić information content (AvgIpc) is 1.86. The summed E-state index contributed by atoms with van der Waals surface area (Å²) in [7, 11) is 3.46. The van der Waals surface area contributed by atoms with Crippen molar-refractivity contribution < 1.29 is 0 Å². The first kappa shape index (κ1) is 10.5. The molecule has 0 saturated heterocycles. The monoisotopic (exact) mass is 175 g/mol. The number of rotatable bonds is 3. The Morgan fingerprint density at radius 3 is 2.45 bits per heavy atom. The molecule has 0 aromatic heterocycles. The van der Waals surface area contributed by atoms with Crippen molar-refractivity contribution in [2.45, 2.75) is 13.8 Å². The Labute approximate surface area is 72.8 Å². The number of allylic oxidation sites excluding steroid dienone is 2. The molecule has 0 atom stereocenters. The van der Waals surface area contributed by atoms with E-state index >= 15 is 0 Å². The third kappa shape index (κ3) is 4.81. The van der Waals surface area contributed by atoms with Gasteiger partial charge in [-0.2, -0.15) is 0 Å². The fraction of sp³-hybridized carbons (Fsp3) is 0.571. The lowest BCUT2D eigenvalue weighted by Gasteiger charge is -2.11. The number of nitrogens with one attached hydrogen (secondary N) is 1. The third-order valence-corrected chi connectivity index (χ3v) is 1.32. The molecule has 0 bridgehead atoms. The van der Waals surface area contributed by atoms with Gasteiger partial charge in [0.2, 0.25) is 0 Å². The first-order valence-corrected chi connectivity index (χ1v) is 3.67. The summed E-state index contributed by atoms with van der Waals surface area (Å²) in [5, 5.41) is 0. The lowest BCUT2D eigenvalue weighted by molar-refractivity contribution is 0.451. The maximum absolute atomic E-state index is 5.56. The summed E-state index contributed by atoms with van der Waals surface area (Å²) in [6.07, 6.45) is 1.78. The van der Waals surface area contributed by atoms with Crippen molar-refractivity contribution in [2.24, 2.45) is 4.99 Å². The molecule has 0 aromatic carbocycles. The van der Waals surface area contributed by atoms with Crippen molar-refractivity contribution in [3.05, 3.63) is 11.3 Å². The number of hydrazine groups is 1. The van der Waals surface area contributed by atoms with Crippen molar-refractivity contribution in [2.75, 3.05) is 14.1 Å². The SMILES string of the molecule is CN=CC(C)=C(C)NN(C)Cl. The predicted octanol–water partition coefficient (Wildman–Crippen LogP) is 1.57. The van der Waals surface area contributed by atoms with Crippen LogP contribution in [0.2, 0.25) is 0 Å². The Hall–Kier alpha value is -0.540. The standard InChI is InChI=1S/C7H14ClN3/c1-6(5-9-3)7(2)10-11(4)8/h5,10H,1-4H3. The molecular formula is C7H14ClN3. The third-order valence-electron chi connectivity index (χ3n) is 1.24. The second-order valence-electron chi connectivity index (χ2n) is 2.28. The summed E-state index contributed by atoms with van der Waals surface area (Å²) in [5.41, 5.74) is 4.98. The molecule has 0 aliphatic rings. The van der Waals surface area contributed by atoms with E-state index in [1.807, 2.05) is 13.8 Å². The fourth-order valence-corrected chi connectivity index (χ4v) is 0.737. The summed E-state index contributed by atoms with van der Waals surface area (Å²) in [4.78, 5) is 3.88. The molecule has 0 radical (unpaired) electrons. The zero-order valence-corrected chi connectivity index (χ0v) is 8.11. The normalized spacial score (nSPS) is 14.0. The van der Waals surface area contributed by atoms with Gasteiger partial charge in [-0.25, -0.2) is 0 Å². The van der Waals surface area contributed by atoms with Gasteiger partial charge < -0.3 is 5.43 Å². The second kappa shape index (κ2) is 5.16. The first-order chi connectivity index (χ1) is 5.07. The van der Waals surface area contributed by atoms with E-state index in [-0.39, 0.29) is 0 Å². The van der Waals surface area contributed by atoms with E-state index in [0.29, 0.717) is 0 Å². The van der Waals surface area contributed by atoms with Gasteiger partial charge in [-0.15, -0.1) is 4.53 Å². The van der Waals surface area contributed by atoms with Crippen LogP contribution < -0.4 is 5.43 Å². The van der Waals surface area contributed by atoms with Gasteiger partial charge in [0.25, 0.3) is 0 Å². The van der Waals surface area contributed by atoms with Crippen LogP contribution in [0.3, 0.4) is 0 Å². The molecule has 0 fully saturated rings. The minimum absolute atomic E-state index is 0.994. The van der Waals surface area contributed by atoms with Crippen LogP contribution in [-0.2, 0) is 0 Å². The lowest BCUT2D eigenvalue weighted by atomic mass is 10.3. The van der Waals surface area contributed by atoms with Crippen molar-refractivity contribution in [1.82, 2.24) is 9.95 Å². The Morgan fingerprint density at radius 1 is 1.55 bits per heavy atom. The molecule has 0 saturated carbocycles. The summed E-state index contributed by atoms with van der Waals surface area (Å²) < 4.78 is 1.38. The van der Waals surface area contributed by atoms with Crippen LogP contribution in [0.5, 0.6) is 0 Å². The molecule has 0 heterocycles. The molecule has 0 aliphatic carbocycles. The van der Waals surface area contributed by atoms with E-state index in [1.165, 1.54) is 4.53 Å². The van der Waals surface area contributed by atoms with Crippen molar-refractivity contribution >= 4 is 18.0 Å². The highest BCUT2D eigenvalue weighted by molar-refractivity contribution is 6.12. The van der Waals surface area contributed by atoms with E-state index in [2.05, 4.69) is 10.4 Å². The van der Waals surface area contributed by atoms with E-state index < -0.39 is 0 Å². The molecule has 0 aromatic rings. The van der Waals surface area contributed by atoms with Crippen LogP contribution >= 0.6 is 11.8 Å². The summed E-state index contributed by atoms with van der Waals surface area (Å²) in [6.45, 7) is 3.91. The molecule has 4 heteroatoms. The lowest BCUT2D eigenvalue weighted by Crippen LogP contribution is -2.24. The van der Waals surface area contributed by atoms with Gasteiger partial charge in [0, 0.05) is 26.0 Å². The van der Waals surface area contributed by atoms with Crippen LogP contribution in [0.4, 0.5) is 0 Å². The molecule has 0 aliphatic heterocycles. The summed E-state index contributed by atoms with van der Waals surface area (Å²) in [5.74, 6) is 0. The number of halogens is 1. The van der Waals surface area contributed by atoms with Crippen LogP contribution in [0.1, 0.15) is 13.8 Å². The fourth-order valence-electron chi connectivity index (χ4n) is 0.610. The van der Waals surface area contributed by atoms with Crippen LogP contribution in [-0.4, -0.2) is 24.8 Å². The van der Waals surface area contributed by atoms with Gasteiger partial charge >= 0.3 is 0 Å². The van der Waals surface area contributed by atoms with Crippen molar-refractivity contribution in [3.63, 3.8) is 0 Å². The van der Waals surface area contributed by atoms with Gasteiger partial charge in [0.1, 0.15) is 0 Å². The molecule has 0 amide bonds. The van der Waals surface area contributed by atoms with E-state index in [0.717, 1.165) is 11.3 Å². The van der Waals surface area contributed by atoms with Crippen molar-refractivity contribution in [3.8, 4) is 0 Å². The van der Waals surface area contributed by atoms with Gasteiger partial charge in [0.15, 0.2) is 0 Å². The Morgan fingerprint density at radius 2 is 2.09 bits per heavy atom. The minimum atomic E-state index is 0.994. The molecule has 64 valence electrons. The largest absolute Gasteiger partial charge is 0.309 e. The summed E-state index contributed by atoms with van der Waals surface area (Å²) >= 11 is 5.56. The minimum Gasteiger partial charge on any atom is -0.309 e. The molecule has 3 nitrogen and oxygen atoms in total. The number of hydrogen-bond donors (Lipinski definition) is 1. The molecule has 1 N–H and O–H groups in total. The van der Waals surface area contributed by atoms with E-state index in [9.17, 15) is 0 Å². The highest BCUT2D eigenvalue weighted by Crippen LogP contribution is 1.97. The highest BCUT2D eigenvalue weighted by Gasteiger charge is 1.94. The smallest absolute Gasteiger partial charge is 0.0290 e. The topological polar surface area (TPSA) is 27.6 Å². The van der Waals surface area contributed by atoms with Gasteiger partial charge in [0.05, 0.1) is 0 Å². The molecular weight excluding hydrogens is 162 g/mol. The van der Waals surface area contributed by atoms with E-state index in [4.69, 9.17) is 11.8 Å². The molecule has 0 spiro atoms. The maximum atomic E-state index is 5.56. The summed E-state index contributed by atoms with van der Waals surface area (Å²) in [6, 6.07) is 0. The average molecular weight is 176 g/mol. The zero-order valence-electron chi connectivity index (χ0n) is 7.35. The van der Waals surface area contributed by atoms with Crippen molar-refractivity contribution in [1.29, 1.82) is 0 Å². The molecule has 0 rings (SSSR count). The van der Waals surface area contributed by atoms with Gasteiger partial charge in [-0.1, -0.05) is 0 Å². The zero-order chi connectivity index (χ0) is 8.85. The Balaban J connectivity index is 4.16. The number of aliphatic imine (C=N–C) groups is 1. The van der Waals surface area contributed by atoms with E-state index in [1.54, 1.807) is 20.3 Å². The van der Waals surface area contributed by atoms with Gasteiger partial charge in [-0.05, 0) is 31.2 Å². The number of hydrogen-bond acceptors (Lipinski definition) is 3. The molecule has 0 unspecified atom stereocenters. The van der Waals surface area contributed by atoms with Crippen LogP contribution in [0.25, 0.3) is 0 Å².